The number of methoxy groups -OCH3 is 1. The van der Waals surface area contributed by atoms with Gasteiger partial charge in [-0.25, -0.2) is 4.79 Å². The van der Waals surface area contributed by atoms with E-state index in [1.54, 1.807) is 42.5 Å². The highest BCUT2D eigenvalue weighted by atomic mass is 32.1. The smallest absolute Gasteiger partial charge is 0.337 e. The molecule has 0 unspecified atom stereocenters. The largest absolute Gasteiger partial charge is 0.494 e. The number of thiocarbonyl (C=S) groups is 1. The van der Waals surface area contributed by atoms with E-state index < -0.39 is 11.9 Å². The van der Waals surface area contributed by atoms with Crippen LogP contribution < -0.4 is 20.3 Å². The van der Waals surface area contributed by atoms with Crippen molar-refractivity contribution in [3.8, 4) is 5.75 Å². The number of nitrogens with one attached hydrogen (secondary N) is 2. The number of amides is 2. The molecule has 0 spiro atoms. The van der Waals surface area contributed by atoms with Gasteiger partial charge in [0.05, 0.1) is 30.7 Å². The molecule has 1 saturated heterocycles. The van der Waals surface area contributed by atoms with Gasteiger partial charge in [0.25, 0.3) is 11.8 Å². The first-order valence-corrected chi connectivity index (χ1v) is 13.0. The summed E-state index contributed by atoms with van der Waals surface area (Å²) in [4.78, 5) is 41.8. The molecule has 0 bridgehead atoms. The van der Waals surface area contributed by atoms with Crippen molar-refractivity contribution < 1.29 is 23.9 Å². The molecule has 2 N–H and O–H groups in total. The fraction of sp³-hybridized carbons (Fsp3) is 0.241. The van der Waals surface area contributed by atoms with E-state index in [4.69, 9.17) is 21.7 Å². The highest BCUT2D eigenvalue weighted by Crippen LogP contribution is 2.29. The highest BCUT2D eigenvalue weighted by molar-refractivity contribution is 7.80. The molecule has 9 nitrogen and oxygen atoms in total. The summed E-state index contributed by atoms with van der Waals surface area (Å²) in [6.45, 7) is 4.57. The molecule has 1 fully saturated rings. The Bertz CT molecular complexity index is 1360. The molecule has 1 aliphatic rings. The third-order valence-electron chi connectivity index (χ3n) is 6.23. The highest BCUT2D eigenvalue weighted by Gasteiger charge is 2.24. The van der Waals surface area contributed by atoms with Crippen LogP contribution in [0.1, 0.15) is 38.0 Å². The number of hydrogen-bond donors (Lipinski definition) is 2. The number of rotatable bonds is 7. The zero-order valence-electron chi connectivity index (χ0n) is 21.8. The molecule has 2 amide bonds. The van der Waals surface area contributed by atoms with Crippen LogP contribution in [0.15, 0.2) is 72.8 Å². The molecule has 0 radical (unpaired) electrons. The molecule has 39 heavy (non-hydrogen) atoms. The van der Waals surface area contributed by atoms with Crippen molar-refractivity contribution in [1.82, 2.24) is 10.2 Å². The fourth-order valence-electron chi connectivity index (χ4n) is 4.29. The maximum absolute atomic E-state index is 12.9. The number of carbonyl (C=O) groups excluding carboxylic acids is 3. The molecule has 3 aromatic rings. The monoisotopic (exact) mass is 546 g/mol. The Morgan fingerprint density at radius 1 is 0.872 bits per heavy atom. The molecule has 1 aliphatic heterocycles. The van der Waals surface area contributed by atoms with Crippen molar-refractivity contribution in [2.75, 3.05) is 50.1 Å². The summed E-state index contributed by atoms with van der Waals surface area (Å²) in [5, 5.41) is 5.82. The Morgan fingerprint density at radius 2 is 1.59 bits per heavy atom. The van der Waals surface area contributed by atoms with Gasteiger partial charge in [0, 0.05) is 37.3 Å². The van der Waals surface area contributed by atoms with Gasteiger partial charge in [-0.1, -0.05) is 24.3 Å². The van der Waals surface area contributed by atoms with Crippen molar-refractivity contribution in [2.24, 2.45) is 0 Å². The Kier molecular flexibility index (Phi) is 9.11. The normalized spacial score (nSPS) is 12.9. The second kappa shape index (κ2) is 12.9. The summed E-state index contributed by atoms with van der Waals surface area (Å²) in [5.74, 6) is -0.313. The number of esters is 1. The van der Waals surface area contributed by atoms with E-state index in [9.17, 15) is 14.4 Å². The zero-order valence-corrected chi connectivity index (χ0v) is 22.6. The van der Waals surface area contributed by atoms with Gasteiger partial charge in [-0.3, -0.25) is 14.9 Å². The molecular formula is C29H30N4O5S. The summed E-state index contributed by atoms with van der Waals surface area (Å²) >= 11 is 5.44. The van der Waals surface area contributed by atoms with E-state index in [2.05, 4.69) is 15.5 Å². The lowest BCUT2D eigenvalue weighted by atomic mass is 10.1. The molecule has 0 saturated carbocycles. The summed E-state index contributed by atoms with van der Waals surface area (Å²) in [6.07, 6.45) is 0. The van der Waals surface area contributed by atoms with Gasteiger partial charge >= 0.3 is 5.97 Å². The van der Waals surface area contributed by atoms with Crippen LogP contribution in [-0.4, -0.2) is 67.7 Å². The van der Waals surface area contributed by atoms with Gasteiger partial charge < -0.3 is 24.6 Å². The van der Waals surface area contributed by atoms with Crippen molar-refractivity contribution in [3.05, 3.63) is 89.5 Å². The fourth-order valence-corrected chi connectivity index (χ4v) is 4.50. The van der Waals surface area contributed by atoms with Crippen molar-refractivity contribution in [2.45, 2.75) is 6.92 Å². The quantitative estimate of drug-likeness (QED) is 0.339. The Morgan fingerprint density at radius 3 is 2.28 bits per heavy atom. The molecule has 0 aromatic heterocycles. The number of anilines is 2. The first kappa shape index (κ1) is 27.6. The number of nitrogens with zero attached hydrogens (tertiary/aromatic N) is 2. The van der Waals surface area contributed by atoms with Gasteiger partial charge in [0.1, 0.15) is 5.75 Å². The van der Waals surface area contributed by atoms with Crippen molar-refractivity contribution >= 4 is 46.5 Å². The van der Waals surface area contributed by atoms with E-state index in [1.807, 2.05) is 42.2 Å². The molecule has 0 aliphatic carbocycles. The Labute approximate surface area is 232 Å². The average molecular weight is 547 g/mol. The van der Waals surface area contributed by atoms with E-state index in [1.165, 1.54) is 7.11 Å². The van der Waals surface area contributed by atoms with Crippen LogP contribution in [-0.2, 0) is 4.74 Å². The predicted octanol–water partition coefficient (Wildman–Crippen LogP) is 3.96. The molecule has 0 atom stereocenters. The topological polar surface area (TPSA) is 100 Å². The second-order valence-electron chi connectivity index (χ2n) is 8.74. The predicted molar refractivity (Wildman–Crippen MR) is 154 cm³/mol. The third-order valence-corrected chi connectivity index (χ3v) is 6.43. The summed E-state index contributed by atoms with van der Waals surface area (Å²) in [6, 6.07) is 21.1. The van der Waals surface area contributed by atoms with Gasteiger partial charge in [0.2, 0.25) is 0 Å². The zero-order chi connectivity index (χ0) is 27.8. The third kappa shape index (κ3) is 6.91. The first-order valence-electron chi connectivity index (χ1n) is 12.6. The van der Waals surface area contributed by atoms with Crippen LogP contribution in [0.25, 0.3) is 0 Å². The standard InChI is InChI=1S/C29H30N4O5S/c1-3-38-23-11-7-10-21(18-23)26(34)31-29(39)30-24-19-22(28(36)37-2)12-13-25(24)32-14-16-33(17-15-32)27(35)20-8-5-4-6-9-20/h4-13,18-19H,3,14-17H2,1-2H3,(H2,30,31,34,39). The molecule has 10 heteroatoms. The first-order chi connectivity index (χ1) is 18.9. The summed E-state index contributed by atoms with van der Waals surface area (Å²) in [7, 11) is 1.31. The molecule has 4 rings (SSSR count). The molecule has 3 aromatic carbocycles. The maximum atomic E-state index is 12.9. The van der Waals surface area contributed by atoms with E-state index in [-0.39, 0.29) is 11.0 Å². The van der Waals surface area contributed by atoms with E-state index in [0.717, 1.165) is 5.69 Å². The van der Waals surface area contributed by atoms with Crippen LogP contribution in [0, 0.1) is 0 Å². The number of ether oxygens (including phenoxy) is 2. The number of hydrogen-bond acceptors (Lipinski definition) is 7. The Hall–Kier alpha value is -4.44. The van der Waals surface area contributed by atoms with Crippen LogP contribution in [0.5, 0.6) is 5.75 Å². The molecule has 1 heterocycles. The average Bonchev–Trinajstić information content (AvgIpc) is 2.97. The minimum atomic E-state index is -0.495. The van der Waals surface area contributed by atoms with Crippen LogP contribution in [0.2, 0.25) is 0 Å². The van der Waals surface area contributed by atoms with Crippen LogP contribution in [0.4, 0.5) is 11.4 Å². The Balaban J connectivity index is 1.48. The van der Waals surface area contributed by atoms with Crippen molar-refractivity contribution in [1.29, 1.82) is 0 Å². The SMILES string of the molecule is CCOc1cccc(C(=O)NC(=S)Nc2cc(C(=O)OC)ccc2N2CCN(C(=O)c3ccccc3)CC2)c1. The van der Waals surface area contributed by atoms with Crippen molar-refractivity contribution in [3.63, 3.8) is 0 Å². The number of piperazine rings is 1. The summed E-state index contributed by atoms with van der Waals surface area (Å²) < 4.78 is 10.4. The second-order valence-corrected chi connectivity index (χ2v) is 9.15. The number of benzene rings is 3. The lowest BCUT2D eigenvalue weighted by molar-refractivity contribution is 0.0600. The van der Waals surface area contributed by atoms with Gasteiger partial charge in [-0.15, -0.1) is 0 Å². The van der Waals surface area contributed by atoms with Gasteiger partial charge in [-0.2, -0.15) is 0 Å². The molecule has 202 valence electrons. The summed E-state index contributed by atoms with van der Waals surface area (Å²) in [5.41, 5.74) is 2.70. The van der Waals surface area contributed by atoms with Crippen LogP contribution >= 0.6 is 12.2 Å². The maximum Gasteiger partial charge on any atom is 0.337 e. The number of carbonyl (C=O) groups is 3. The lowest BCUT2D eigenvalue weighted by Crippen LogP contribution is -2.49. The molecular weight excluding hydrogens is 516 g/mol. The minimum absolute atomic E-state index is 0.00747. The minimum Gasteiger partial charge on any atom is -0.494 e. The van der Waals surface area contributed by atoms with E-state index >= 15 is 0 Å². The van der Waals surface area contributed by atoms with Gasteiger partial charge in [-0.05, 0) is 67.7 Å². The van der Waals surface area contributed by atoms with Crippen LogP contribution in [0.3, 0.4) is 0 Å². The van der Waals surface area contributed by atoms with E-state index in [0.29, 0.717) is 60.9 Å². The lowest BCUT2D eigenvalue weighted by Gasteiger charge is -2.37. The van der Waals surface area contributed by atoms with Gasteiger partial charge in [0.15, 0.2) is 5.11 Å².